The minimum atomic E-state index is -0.105. The van der Waals surface area contributed by atoms with Gasteiger partial charge in [-0.25, -0.2) is 4.79 Å². The molecule has 2 amide bonds. The Balaban J connectivity index is 2.79. The van der Waals surface area contributed by atoms with Gasteiger partial charge in [0.05, 0.1) is 6.04 Å². The number of nitrogens with one attached hydrogen (secondary N) is 1. The third kappa shape index (κ3) is 3.79. The fourth-order valence-corrected chi connectivity index (χ4v) is 2.15. The zero-order chi connectivity index (χ0) is 13.7. The van der Waals surface area contributed by atoms with Crippen molar-refractivity contribution < 1.29 is 4.79 Å². The summed E-state index contributed by atoms with van der Waals surface area (Å²) in [4.78, 5) is 13.5. The van der Waals surface area contributed by atoms with Crippen LogP contribution in [0.4, 0.5) is 4.79 Å². The van der Waals surface area contributed by atoms with Crippen molar-refractivity contribution in [3.63, 3.8) is 0 Å². The average molecular weight is 289 g/mol. The van der Waals surface area contributed by atoms with E-state index in [2.05, 4.69) is 5.32 Å². The molecule has 0 bridgehead atoms. The first kappa shape index (κ1) is 15.1. The fourth-order valence-electron chi connectivity index (χ4n) is 1.58. The maximum atomic E-state index is 11.8. The van der Waals surface area contributed by atoms with E-state index in [1.165, 1.54) is 0 Å². The predicted octanol–water partition coefficient (Wildman–Crippen LogP) is 4.11. The predicted molar refractivity (Wildman–Crippen MR) is 76.3 cm³/mol. The molecule has 18 heavy (non-hydrogen) atoms. The number of hydrogen-bond acceptors (Lipinski definition) is 1. The third-order valence-corrected chi connectivity index (χ3v) is 3.40. The van der Waals surface area contributed by atoms with Gasteiger partial charge in [0.25, 0.3) is 0 Å². The van der Waals surface area contributed by atoms with Gasteiger partial charge in [-0.05, 0) is 31.0 Å². The Bertz CT molecular complexity index is 423. The number of nitrogens with zero attached hydrogens (tertiary/aromatic N) is 1. The van der Waals surface area contributed by atoms with Gasteiger partial charge in [0.2, 0.25) is 0 Å². The lowest BCUT2D eigenvalue weighted by molar-refractivity contribution is 0.194. The highest BCUT2D eigenvalue weighted by Crippen LogP contribution is 2.28. The van der Waals surface area contributed by atoms with Crippen molar-refractivity contribution in [2.75, 3.05) is 13.6 Å². The van der Waals surface area contributed by atoms with Crippen molar-refractivity contribution in [3.05, 3.63) is 33.8 Å². The Kier molecular flexibility index (Phi) is 5.76. The molecule has 3 nitrogen and oxygen atoms in total. The van der Waals surface area contributed by atoms with E-state index in [1.54, 1.807) is 24.1 Å². The standard InChI is InChI=1S/C13H18Cl2N2O/c1-4-7-16-13(18)17(3)9(2)11-6-5-10(14)8-12(11)15/h5-6,8-9H,4,7H2,1-3H3,(H,16,18)/t9-/m0/s1. The first-order valence-electron chi connectivity index (χ1n) is 5.93. The van der Waals surface area contributed by atoms with Crippen molar-refractivity contribution in [2.24, 2.45) is 0 Å². The summed E-state index contributed by atoms with van der Waals surface area (Å²) in [6.45, 7) is 4.62. The molecular weight excluding hydrogens is 271 g/mol. The van der Waals surface area contributed by atoms with Gasteiger partial charge in [0.1, 0.15) is 0 Å². The maximum Gasteiger partial charge on any atom is 0.317 e. The second-order valence-corrected chi connectivity index (χ2v) is 5.03. The molecular formula is C13H18Cl2N2O. The van der Waals surface area contributed by atoms with E-state index < -0.39 is 0 Å². The molecule has 0 aliphatic rings. The van der Waals surface area contributed by atoms with Crippen molar-refractivity contribution in [1.82, 2.24) is 10.2 Å². The molecule has 1 atom stereocenters. The summed E-state index contributed by atoms with van der Waals surface area (Å²) < 4.78 is 0. The highest BCUT2D eigenvalue weighted by Gasteiger charge is 2.19. The molecule has 1 N–H and O–H groups in total. The first-order valence-corrected chi connectivity index (χ1v) is 6.68. The number of urea groups is 1. The number of benzene rings is 1. The summed E-state index contributed by atoms with van der Waals surface area (Å²) in [7, 11) is 1.75. The molecule has 0 unspecified atom stereocenters. The number of amides is 2. The van der Waals surface area contributed by atoms with E-state index in [0.717, 1.165) is 12.0 Å². The topological polar surface area (TPSA) is 32.3 Å². The summed E-state index contributed by atoms with van der Waals surface area (Å²) in [6.07, 6.45) is 0.912. The Hall–Kier alpha value is -0.930. The SMILES string of the molecule is CCCNC(=O)N(C)[C@@H](C)c1ccc(Cl)cc1Cl. The van der Waals surface area contributed by atoms with Gasteiger partial charge in [0.15, 0.2) is 0 Å². The lowest BCUT2D eigenvalue weighted by Crippen LogP contribution is -2.39. The van der Waals surface area contributed by atoms with Crippen LogP contribution in [-0.2, 0) is 0 Å². The van der Waals surface area contributed by atoms with E-state index in [9.17, 15) is 4.79 Å². The maximum absolute atomic E-state index is 11.8. The zero-order valence-corrected chi connectivity index (χ0v) is 12.3. The van der Waals surface area contributed by atoms with E-state index in [0.29, 0.717) is 16.6 Å². The van der Waals surface area contributed by atoms with E-state index in [-0.39, 0.29) is 12.1 Å². The summed E-state index contributed by atoms with van der Waals surface area (Å²) in [6, 6.07) is 5.10. The lowest BCUT2D eigenvalue weighted by atomic mass is 10.1. The lowest BCUT2D eigenvalue weighted by Gasteiger charge is -2.26. The summed E-state index contributed by atoms with van der Waals surface area (Å²) in [5, 5.41) is 4.00. The molecule has 100 valence electrons. The quantitative estimate of drug-likeness (QED) is 0.889. The van der Waals surface area contributed by atoms with Gasteiger partial charge in [-0.15, -0.1) is 0 Å². The van der Waals surface area contributed by atoms with Gasteiger partial charge in [-0.3, -0.25) is 0 Å². The Morgan fingerprint density at radius 2 is 2.11 bits per heavy atom. The van der Waals surface area contributed by atoms with Gasteiger partial charge < -0.3 is 10.2 Å². The number of carbonyl (C=O) groups excluding carboxylic acids is 1. The minimum Gasteiger partial charge on any atom is -0.338 e. The van der Waals surface area contributed by atoms with Crippen LogP contribution in [0.25, 0.3) is 0 Å². The highest BCUT2D eigenvalue weighted by atomic mass is 35.5. The van der Waals surface area contributed by atoms with E-state index in [4.69, 9.17) is 23.2 Å². The average Bonchev–Trinajstić information content (AvgIpc) is 2.34. The number of carbonyl (C=O) groups is 1. The van der Waals surface area contributed by atoms with Crippen LogP contribution in [0.2, 0.25) is 10.0 Å². The van der Waals surface area contributed by atoms with Crippen LogP contribution in [0.3, 0.4) is 0 Å². The summed E-state index contributed by atoms with van der Waals surface area (Å²) in [5.74, 6) is 0. The van der Waals surface area contributed by atoms with Crippen molar-refractivity contribution in [2.45, 2.75) is 26.3 Å². The summed E-state index contributed by atoms with van der Waals surface area (Å²) >= 11 is 12.0. The van der Waals surface area contributed by atoms with E-state index >= 15 is 0 Å². The molecule has 0 heterocycles. The molecule has 0 aliphatic heterocycles. The molecule has 1 aromatic carbocycles. The third-order valence-electron chi connectivity index (χ3n) is 2.84. The van der Waals surface area contributed by atoms with Crippen LogP contribution in [0.5, 0.6) is 0 Å². The Labute approximate surface area is 118 Å². The summed E-state index contributed by atoms with van der Waals surface area (Å²) in [5.41, 5.74) is 0.884. The largest absolute Gasteiger partial charge is 0.338 e. The molecule has 0 saturated carbocycles. The van der Waals surface area contributed by atoms with E-state index in [1.807, 2.05) is 19.9 Å². The number of rotatable bonds is 4. The monoisotopic (exact) mass is 288 g/mol. The zero-order valence-electron chi connectivity index (χ0n) is 10.8. The van der Waals surface area contributed by atoms with Gasteiger partial charge >= 0.3 is 6.03 Å². The molecule has 1 aromatic rings. The number of hydrogen-bond donors (Lipinski definition) is 1. The highest BCUT2D eigenvalue weighted by molar-refractivity contribution is 6.35. The number of halogens is 2. The molecule has 0 saturated heterocycles. The normalized spacial score (nSPS) is 12.1. The minimum absolute atomic E-state index is 0.102. The van der Waals surface area contributed by atoms with Crippen LogP contribution in [0.15, 0.2) is 18.2 Å². The van der Waals surface area contributed by atoms with Crippen LogP contribution in [0, 0.1) is 0 Å². The fraction of sp³-hybridized carbons (Fsp3) is 0.462. The smallest absolute Gasteiger partial charge is 0.317 e. The first-order chi connectivity index (χ1) is 8.47. The Morgan fingerprint density at radius 3 is 2.67 bits per heavy atom. The van der Waals surface area contributed by atoms with Crippen molar-refractivity contribution >= 4 is 29.2 Å². The van der Waals surface area contributed by atoms with Crippen LogP contribution in [-0.4, -0.2) is 24.5 Å². The molecule has 0 spiro atoms. The molecule has 5 heteroatoms. The second-order valence-electron chi connectivity index (χ2n) is 4.18. The molecule has 0 aromatic heterocycles. The van der Waals surface area contributed by atoms with Crippen LogP contribution in [0.1, 0.15) is 31.9 Å². The molecule has 0 aliphatic carbocycles. The van der Waals surface area contributed by atoms with Gasteiger partial charge in [-0.1, -0.05) is 36.2 Å². The Morgan fingerprint density at radius 1 is 1.44 bits per heavy atom. The van der Waals surface area contributed by atoms with Gasteiger partial charge in [-0.2, -0.15) is 0 Å². The molecule has 0 fully saturated rings. The molecule has 1 rings (SSSR count). The molecule has 0 radical (unpaired) electrons. The van der Waals surface area contributed by atoms with Crippen LogP contribution >= 0.6 is 23.2 Å². The van der Waals surface area contributed by atoms with Crippen LogP contribution < -0.4 is 5.32 Å². The second kappa shape index (κ2) is 6.86. The van der Waals surface area contributed by atoms with Crippen molar-refractivity contribution in [1.29, 1.82) is 0 Å². The van der Waals surface area contributed by atoms with Gasteiger partial charge in [0, 0.05) is 23.6 Å². The van der Waals surface area contributed by atoms with Crippen molar-refractivity contribution in [3.8, 4) is 0 Å².